The number of pyridine rings is 1. The van der Waals surface area contributed by atoms with Gasteiger partial charge in [0.1, 0.15) is 17.3 Å². The van der Waals surface area contributed by atoms with Gasteiger partial charge in [0.25, 0.3) is 6.33 Å². The Kier molecular flexibility index (Phi) is 11.0. The molecule has 0 bridgehead atoms. The van der Waals surface area contributed by atoms with E-state index in [4.69, 9.17) is 9.72 Å². The summed E-state index contributed by atoms with van der Waals surface area (Å²) in [4.78, 5) is 4.89. The first-order valence-electron chi connectivity index (χ1n) is 23.6. The van der Waals surface area contributed by atoms with Gasteiger partial charge in [-0.3, -0.25) is 13.7 Å². The first-order chi connectivity index (χ1) is 32.1. The van der Waals surface area contributed by atoms with E-state index in [1.807, 2.05) is 12.3 Å². The molecule has 0 spiro atoms. The van der Waals surface area contributed by atoms with E-state index in [9.17, 15) is 0 Å². The van der Waals surface area contributed by atoms with Gasteiger partial charge in [-0.1, -0.05) is 178 Å². The highest BCUT2D eigenvalue weighted by atomic mass is 16.5. The minimum Gasteiger partial charge on any atom is -0.458 e. The highest BCUT2D eigenvalue weighted by molar-refractivity contribution is 6.09. The zero-order valence-corrected chi connectivity index (χ0v) is 40.4. The van der Waals surface area contributed by atoms with Gasteiger partial charge in [-0.2, -0.15) is 0 Å². The van der Waals surface area contributed by atoms with E-state index in [-0.39, 0.29) is 16.2 Å². The first kappa shape index (κ1) is 43.6. The predicted octanol–water partition coefficient (Wildman–Crippen LogP) is 15.8. The van der Waals surface area contributed by atoms with E-state index >= 15 is 0 Å². The average Bonchev–Trinajstić information content (AvgIpc) is 3.84. The quantitative estimate of drug-likeness (QED) is 0.107. The van der Waals surface area contributed by atoms with E-state index in [1.54, 1.807) is 0 Å². The Morgan fingerprint density at radius 3 is 1.79 bits per heavy atom. The molecule has 0 unspecified atom stereocenters. The number of hydrogen-bond acceptors (Lipinski definition) is 2. The standard InChI is InChI=1S/C62H60N4O/c1-60(2,3)39-42-18-14-20-44(34-42)50-25-17-26-51(45-21-15-19-43(35-45)40-61(4,5)6)59(50)65-41-64(55-28-12-13-29-56(55)65)47-22-16-23-48(37-47)67-49-30-31-53-52-24-10-11-27-54(52)66(57(53)38-49)58-36-46(32-33-63-58)62(7,8)9/h10-38H,39-40H2,1-9H3. The SMILES string of the molecule is CC(C)(C)Cc1cccc(-c2cccc(-c3cccc(CC(C)(C)C)c3)c2-[n+]2[c-]n(-c3cccc(Oc4ccc5c6ccccc6n(-c6cc(C(C)(C)C)ccn6)c5c4)c3)c3ccccc32)c1. The van der Waals surface area contributed by atoms with Crippen molar-refractivity contribution in [3.63, 3.8) is 0 Å². The average molecular weight is 877 g/mol. The second-order valence-electron chi connectivity index (χ2n) is 21.6. The molecule has 5 nitrogen and oxygen atoms in total. The molecule has 0 aliphatic carbocycles. The van der Waals surface area contributed by atoms with Gasteiger partial charge in [0.05, 0.1) is 33.4 Å². The minimum absolute atomic E-state index is 0.0150. The van der Waals surface area contributed by atoms with Crippen LogP contribution in [0.2, 0.25) is 0 Å². The molecule has 0 saturated carbocycles. The Bertz CT molecular complexity index is 3380. The molecule has 7 aromatic carbocycles. The van der Waals surface area contributed by atoms with Crippen molar-refractivity contribution in [3.8, 4) is 50.9 Å². The predicted molar refractivity (Wildman–Crippen MR) is 278 cm³/mol. The highest BCUT2D eigenvalue weighted by Crippen LogP contribution is 2.39. The van der Waals surface area contributed by atoms with Crippen molar-refractivity contribution < 1.29 is 9.30 Å². The number of para-hydroxylation sites is 4. The molecule has 67 heavy (non-hydrogen) atoms. The monoisotopic (exact) mass is 876 g/mol. The zero-order valence-electron chi connectivity index (χ0n) is 40.4. The van der Waals surface area contributed by atoms with Crippen LogP contribution in [0.15, 0.2) is 176 Å². The Balaban J connectivity index is 1.09. The summed E-state index contributed by atoms with van der Waals surface area (Å²) in [7, 11) is 0. The molecule has 0 N–H and O–H groups in total. The summed E-state index contributed by atoms with van der Waals surface area (Å²) in [6.45, 7) is 20.6. The van der Waals surface area contributed by atoms with Crippen molar-refractivity contribution in [1.82, 2.24) is 14.1 Å². The Morgan fingerprint density at radius 2 is 1.12 bits per heavy atom. The lowest BCUT2D eigenvalue weighted by molar-refractivity contribution is -0.571. The molecule has 0 atom stereocenters. The molecule has 0 radical (unpaired) electrons. The number of nitrogens with zero attached hydrogens (tertiary/aromatic N) is 4. The van der Waals surface area contributed by atoms with E-state index in [1.165, 1.54) is 33.2 Å². The molecular formula is C62H60N4O. The molecule has 0 amide bonds. The largest absolute Gasteiger partial charge is 0.458 e. The fourth-order valence-electron chi connectivity index (χ4n) is 9.68. The summed E-state index contributed by atoms with van der Waals surface area (Å²) in [6, 6.07) is 61.1. The Labute approximate surface area is 396 Å². The van der Waals surface area contributed by atoms with Crippen LogP contribution in [0.4, 0.5) is 0 Å². The van der Waals surface area contributed by atoms with Crippen LogP contribution >= 0.6 is 0 Å². The van der Waals surface area contributed by atoms with Gasteiger partial charge in [0, 0.05) is 23.0 Å². The number of imidazole rings is 1. The molecule has 334 valence electrons. The van der Waals surface area contributed by atoms with Crippen molar-refractivity contribution in [2.24, 2.45) is 10.8 Å². The van der Waals surface area contributed by atoms with Crippen molar-refractivity contribution in [3.05, 3.63) is 199 Å². The van der Waals surface area contributed by atoms with E-state index in [0.717, 1.165) is 80.1 Å². The normalized spacial score (nSPS) is 12.4. The molecule has 5 heteroatoms. The number of hydrogen-bond donors (Lipinski definition) is 0. The van der Waals surface area contributed by atoms with Gasteiger partial charge in [-0.15, -0.1) is 0 Å². The summed E-state index contributed by atoms with van der Waals surface area (Å²) in [6.07, 6.45) is 7.78. The van der Waals surface area contributed by atoms with Gasteiger partial charge < -0.3 is 4.74 Å². The molecule has 10 rings (SSSR count). The maximum absolute atomic E-state index is 6.79. The Morgan fingerprint density at radius 1 is 0.522 bits per heavy atom. The maximum atomic E-state index is 6.79. The molecule has 0 saturated heterocycles. The van der Waals surface area contributed by atoms with Crippen molar-refractivity contribution in [2.75, 3.05) is 0 Å². The van der Waals surface area contributed by atoms with Crippen molar-refractivity contribution in [2.45, 2.75) is 80.6 Å². The van der Waals surface area contributed by atoms with Crippen LogP contribution in [0, 0.1) is 17.2 Å². The zero-order chi connectivity index (χ0) is 46.7. The number of benzene rings is 7. The maximum Gasteiger partial charge on any atom is 0.269 e. The molecule has 0 aliphatic heterocycles. The second kappa shape index (κ2) is 16.9. The number of aromatic nitrogens is 4. The smallest absolute Gasteiger partial charge is 0.269 e. The number of ether oxygens (including phenoxy) is 1. The van der Waals surface area contributed by atoms with E-state index in [2.05, 4.69) is 246 Å². The third-order valence-corrected chi connectivity index (χ3v) is 12.6. The lowest BCUT2D eigenvalue weighted by Gasteiger charge is -2.21. The lowest BCUT2D eigenvalue weighted by Crippen LogP contribution is -2.31. The first-order valence-corrected chi connectivity index (χ1v) is 23.6. The molecule has 0 aliphatic rings. The van der Waals surface area contributed by atoms with Gasteiger partial charge >= 0.3 is 0 Å². The summed E-state index contributed by atoms with van der Waals surface area (Å²) in [5.41, 5.74) is 15.2. The van der Waals surface area contributed by atoms with Crippen LogP contribution in [0.25, 0.3) is 72.3 Å². The van der Waals surface area contributed by atoms with E-state index in [0.29, 0.717) is 0 Å². The molecule has 3 heterocycles. The van der Waals surface area contributed by atoms with Crippen LogP contribution in [-0.2, 0) is 18.3 Å². The van der Waals surface area contributed by atoms with Crippen LogP contribution < -0.4 is 9.30 Å². The minimum atomic E-state index is -0.0150. The van der Waals surface area contributed by atoms with Crippen molar-refractivity contribution in [1.29, 1.82) is 0 Å². The fourth-order valence-corrected chi connectivity index (χ4v) is 9.68. The van der Waals surface area contributed by atoms with Crippen LogP contribution in [-0.4, -0.2) is 14.1 Å². The second-order valence-corrected chi connectivity index (χ2v) is 21.6. The summed E-state index contributed by atoms with van der Waals surface area (Å²) in [5.74, 6) is 2.37. The number of rotatable bonds is 9. The van der Waals surface area contributed by atoms with Crippen LogP contribution in [0.1, 0.15) is 79.0 Å². The molecule has 10 aromatic rings. The highest BCUT2D eigenvalue weighted by Gasteiger charge is 2.23. The van der Waals surface area contributed by atoms with Gasteiger partial charge in [-0.05, 0) is 117 Å². The van der Waals surface area contributed by atoms with Gasteiger partial charge in [0.2, 0.25) is 0 Å². The van der Waals surface area contributed by atoms with Crippen molar-refractivity contribution >= 4 is 32.8 Å². The summed E-state index contributed by atoms with van der Waals surface area (Å²) < 4.78 is 13.5. The number of fused-ring (bicyclic) bond motifs is 4. The molecular weight excluding hydrogens is 817 g/mol. The topological polar surface area (TPSA) is 35.9 Å². The Hall–Kier alpha value is -7.24. The van der Waals surface area contributed by atoms with Crippen LogP contribution in [0.5, 0.6) is 11.5 Å². The van der Waals surface area contributed by atoms with Gasteiger partial charge in [0.15, 0.2) is 0 Å². The third kappa shape index (κ3) is 8.91. The summed E-state index contributed by atoms with van der Waals surface area (Å²) >= 11 is 0. The van der Waals surface area contributed by atoms with Crippen LogP contribution in [0.3, 0.4) is 0 Å². The fraction of sp³-hybridized carbons (Fsp3) is 0.226. The lowest BCUT2D eigenvalue weighted by atomic mass is 9.86. The summed E-state index contributed by atoms with van der Waals surface area (Å²) in [5, 5.41) is 2.33. The van der Waals surface area contributed by atoms with E-state index < -0.39 is 0 Å². The third-order valence-electron chi connectivity index (χ3n) is 12.6. The van der Waals surface area contributed by atoms with Gasteiger partial charge in [-0.25, -0.2) is 4.98 Å². The molecule has 0 fully saturated rings. The molecule has 3 aromatic heterocycles.